The molecule has 30 heavy (non-hydrogen) atoms. The van der Waals surface area contributed by atoms with Crippen LogP contribution in [0.4, 0.5) is 5.69 Å². The van der Waals surface area contributed by atoms with Crippen molar-refractivity contribution in [2.24, 2.45) is 5.92 Å². The van der Waals surface area contributed by atoms with Crippen molar-refractivity contribution in [1.29, 1.82) is 0 Å². The molecular weight excluding hydrogens is 450 g/mol. The number of aryl methyl sites for hydroxylation is 1. The molecule has 3 N–H and O–H groups in total. The van der Waals surface area contributed by atoms with E-state index in [2.05, 4.69) is 40.4 Å². The summed E-state index contributed by atoms with van der Waals surface area (Å²) in [7, 11) is 3.22. The van der Waals surface area contributed by atoms with E-state index in [1.807, 2.05) is 19.1 Å². The van der Waals surface area contributed by atoms with E-state index in [-0.39, 0.29) is 41.4 Å². The molecule has 1 amide bonds. The number of carbonyl (C=O) groups excluding carboxylic acids is 2. The number of allylic oxidation sites excluding steroid dienone is 2. The van der Waals surface area contributed by atoms with E-state index in [4.69, 9.17) is 4.42 Å². The van der Waals surface area contributed by atoms with Crippen LogP contribution in [-0.2, 0) is 4.79 Å². The minimum absolute atomic E-state index is 0.0709. The predicted molar refractivity (Wildman–Crippen MR) is 118 cm³/mol. The fourth-order valence-electron chi connectivity index (χ4n) is 3.27. The summed E-state index contributed by atoms with van der Waals surface area (Å²) in [4.78, 5) is 26.1. The number of furan rings is 1. The van der Waals surface area contributed by atoms with Crippen LogP contribution >= 0.6 is 15.9 Å². The van der Waals surface area contributed by atoms with Crippen LogP contribution in [0.1, 0.15) is 48.2 Å². The Morgan fingerprint density at radius 3 is 2.47 bits per heavy atom. The number of anilines is 1. The van der Waals surface area contributed by atoms with Gasteiger partial charge in [-0.1, -0.05) is 13.8 Å². The van der Waals surface area contributed by atoms with Crippen molar-refractivity contribution in [3.05, 3.63) is 57.2 Å². The molecule has 1 aromatic heterocycles. The van der Waals surface area contributed by atoms with Crippen LogP contribution in [0.5, 0.6) is 5.75 Å². The third-order valence-corrected chi connectivity index (χ3v) is 5.65. The zero-order chi connectivity index (χ0) is 22.2. The minimum atomic E-state index is -0.344. The molecule has 1 heterocycles. The van der Waals surface area contributed by atoms with E-state index in [0.717, 1.165) is 17.2 Å². The number of hydrogen-bond acceptors (Lipinski definition) is 6. The molecule has 7 nitrogen and oxygen atoms in total. The number of nitrogens with one attached hydrogen (secondary N) is 2. The van der Waals surface area contributed by atoms with Gasteiger partial charge in [-0.2, -0.15) is 0 Å². The number of phenolic OH excluding ortho intramolecular Hbond substituents is 1. The summed E-state index contributed by atoms with van der Waals surface area (Å²) in [5, 5.41) is 17.1. The summed E-state index contributed by atoms with van der Waals surface area (Å²) in [5.41, 5.74) is 1.55. The molecule has 0 spiro atoms. The number of ketones is 1. The van der Waals surface area contributed by atoms with Crippen LogP contribution in [0, 0.1) is 12.8 Å². The largest absolute Gasteiger partial charge is 0.505 e. The quantitative estimate of drug-likeness (QED) is 0.515. The number of aromatic hydroxyl groups is 1. The Bertz CT molecular complexity index is 1020. The Balaban J connectivity index is 1.90. The van der Waals surface area contributed by atoms with E-state index < -0.39 is 0 Å². The highest BCUT2D eigenvalue weighted by molar-refractivity contribution is 9.10. The summed E-state index contributed by atoms with van der Waals surface area (Å²) in [5.74, 6) is 1.23. The number of rotatable bonds is 7. The second-order valence-corrected chi connectivity index (χ2v) is 8.77. The standard InChI is InChI=1S/C22H26BrN3O4/c1-11(2)19(17-9-6-12(3)30-17)25-15-10-16(27)20(15)24-14-8-7-13(23)18(21(14)28)22(29)26(4)5/h6-9,11,19,24-25,28H,10H2,1-5H3/t19-/m1/s1. The van der Waals surface area contributed by atoms with Crippen molar-refractivity contribution in [2.45, 2.75) is 33.2 Å². The summed E-state index contributed by atoms with van der Waals surface area (Å²) < 4.78 is 6.25. The molecule has 0 saturated carbocycles. The van der Waals surface area contributed by atoms with E-state index in [0.29, 0.717) is 15.9 Å². The highest BCUT2D eigenvalue weighted by Crippen LogP contribution is 2.37. The van der Waals surface area contributed by atoms with Crippen molar-refractivity contribution in [1.82, 2.24) is 10.2 Å². The van der Waals surface area contributed by atoms with Gasteiger partial charge in [-0.3, -0.25) is 9.59 Å². The van der Waals surface area contributed by atoms with Gasteiger partial charge in [0.05, 0.1) is 23.7 Å². The molecule has 8 heteroatoms. The minimum Gasteiger partial charge on any atom is -0.505 e. The van der Waals surface area contributed by atoms with Crippen molar-refractivity contribution in [3.8, 4) is 5.75 Å². The van der Waals surface area contributed by atoms with Crippen LogP contribution in [0.25, 0.3) is 0 Å². The molecule has 0 unspecified atom stereocenters. The molecule has 1 aromatic carbocycles. The molecule has 0 saturated heterocycles. The Labute approximate surface area is 184 Å². The maximum Gasteiger partial charge on any atom is 0.258 e. The third kappa shape index (κ3) is 4.23. The molecule has 0 fully saturated rings. The van der Waals surface area contributed by atoms with E-state index in [1.165, 1.54) is 4.90 Å². The van der Waals surface area contributed by atoms with E-state index in [1.54, 1.807) is 26.2 Å². The van der Waals surface area contributed by atoms with Gasteiger partial charge in [-0.05, 0) is 53.0 Å². The van der Waals surface area contributed by atoms with E-state index in [9.17, 15) is 14.7 Å². The number of Topliss-reactive ketones (excluding diaryl/α,β-unsaturated/α-hetero) is 1. The van der Waals surface area contributed by atoms with Gasteiger partial charge < -0.3 is 25.1 Å². The SMILES string of the molecule is Cc1ccc([C@H](NC2=C(Nc3ccc(Br)c(C(=O)N(C)C)c3O)C(=O)C2)C(C)C)o1. The first-order chi connectivity index (χ1) is 14.1. The van der Waals surface area contributed by atoms with Crippen LogP contribution in [0.3, 0.4) is 0 Å². The second kappa shape index (κ2) is 8.55. The number of carbonyl (C=O) groups is 2. The number of phenols is 1. The molecule has 1 atom stereocenters. The van der Waals surface area contributed by atoms with Crippen LogP contribution in [0.15, 0.2) is 44.5 Å². The Hall–Kier alpha value is -2.74. The topological polar surface area (TPSA) is 94.8 Å². The molecule has 3 rings (SSSR count). The molecule has 0 radical (unpaired) electrons. The van der Waals surface area contributed by atoms with Crippen molar-refractivity contribution >= 4 is 33.3 Å². The summed E-state index contributed by atoms with van der Waals surface area (Å²) in [6.07, 6.45) is 0.270. The fourth-order valence-corrected chi connectivity index (χ4v) is 3.76. The smallest absolute Gasteiger partial charge is 0.258 e. The van der Waals surface area contributed by atoms with Crippen LogP contribution in [0.2, 0.25) is 0 Å². The molecule has 0 bridgehead atoms. The van der Waals surface area contributed by atoms with Gasteiger partial charge in [-0.15, -0.1) is 0 Å². The van der Waals surface area contributed by atoms with Gasteiger partial charge in [0.25, 0.3) is 5.91 Å². The first kappa shape index (κ1) is 22.0. The highest BCUT2D eigenvalue weighted by Gasteiger charge is 2.32. The normalized spacial score (nSPS) is 14.6. The second-order valence-electron chi connectivity index (χ2n) is 7.91. The molecular formula is C22H26BrN3O4. The van der Waals surface area contributed by atoms with Crippen LogP contribution < -0.4 is 10.6 Å². The molecule has 160 valence electrons. The lowest BCUT2D eigenvalue weighted by Gasteiger charge is -2.30. The Morgan fingerprint density at radius 1 is 1.23 bits per heavy atom. The zero-order valence-electron chi connectivity index (χ0n) is 17.7. The molecule has 1 aliphatic rings. The summed E-state index contributed by atoms with van der Waals surface area (Å²) in [6.45, 7) is 6.04. The monoisotopic (exact) mass is 475 g/mol. The number of amides is 1. The fraction of sp³-hybridized carbons (Fsp3) is 0.364. The average Bonchev–Trinajstić information content (AvgIpc) is 3.09. The van der Waals surface area contributed by atoms with Gasteiger partial charge in [0.2, 0.25) is 0 Å². The van der Waals surface area contributed by atoms with Gasteiger partial charge in [-0.25, -0.2) is 0 Å². The van der Waals surface area contributed by atoms with Gasteiger partial charge in [0, 0.05) is 24.3 Å². The first-order valence-corrected chi connectivity index (χ1v) is 10.5. The van der Waals surface area contributed by atoms with Crippen LogP contribution in [-0.4, -0.2) is 35.8 Å². The van der Waals surface area contributed by atoms with Crippen molar-refractivity contribution in [2.75, 3.05) is 19.4 Å². The first-order valence-electron chi connectivity index (χ1n) is 9.69. The molecule has 0 aliphatic heterocycles. The lowest BCUT2D eigenvalue weighted by molar-refractivity contribution is -0.116. The summed E-state index contributed by atoms with van der Waals surface area (Å²) in [6, 6.07) is 7.04. The highest BCUT2D eigenvalue weighted by atomic mass is 79.9. The average molecular weight is 476 g/mol. The van der Waals surface area contributed by atoms with Gasteiger partial charge in [0.1, 0.15) is 17.2 Å². The maximum atomic E-state index is 12.4. The Kier molecular flexibility index (Phi) is 6.26. The lowest BCUT2D eigenvalue weighted by Crippen LogP contribution is -2.36. The van der Waals surface area contributed by atoms with Crippen molar-refractivity contribution in [3.63, 3.8) is 0 Å². The number of benzene rings is 1. The summed E-state index contributed by atoms with van der Waals surface area (Å²) >= 11 is 3.31. The number of hydrogen-bond donors (Lipinski definition) is 3. The number of halogens is 1. The van der Waals surface area contributed by atoms with Crippen molar-refractivity contribution < 1.29 is 19.1 Å². The predicted octanol–water partition coefficient (Wildman–Crippen LogP) is 4.34. The lowest BCUT2D eigenvalue weighted by atomic mass is 9.94. The zero-order valence-corrected chi connectivity index (χ0v) is 19.3. The maximum absolute atomic E-state index is 12.4. The van der Waals surface area contributed by atoms with Gasteiger partial charge in [0.15, 0.2) is 11.5 Å². The molecule has 1 aliphatic carbocycles. The number of nitrogens with zero attached hydrogens (tertiary/aromatic N) is 1. The van der Waals surface area contributed by atoms with E-state index >= 15 is 0 Å². The third-order valence-electron chi connectivity index (χ3n) is 4.99. The Morgan fingerprint density at radius 2 is 1.93 bits per heavy atom. The van der Waals surface area contributed by atoms with Gasteiger partial charge >= 0.3 is 0 Å². The molecule has 2 aromatic rings.